The maximum absolute atomic E-state index is 6.61. The van der Waals surface area contributed by atoms with Crippen molar-refractivity contribution < 1.29 is 0 Å². The monoisotopic (exact) mass is 507 g/mol. The van der Waals surface area contributed by atoms with Crippen LogP contribution >= 0.6 is 35.4 Å². The number of benzene rings is 1. The van der Waals surface area contributed by atoms with E-state index in [0.29, 0.717) is 21.7 Å². The molecule has 2 atom stereocenters. The smallest absolute Gasteiger partial charge is 0.170 e. The normalized spacial score (nSPS) is 17.8. The number of aromatic nitrogens is 3. The molecule has 8 heteroatoms. The molecule has 0 aliphatic carbocycles. The molecule has 0 saturated carbocycles. The highest BCUT2D eigenvalue weighted by Crippen LogP contribution is 2.43. The van der Waals surface area contributed by atoms with Crippen LogP contribution in [-0.2, 0) is 6.54 Å². The third kappa shape index (κ3) is 4.06. The summed E-state index contributed by atoms with van der Waals surface area (Å²) in [4.78, 5) is 11.0. The Kier molecular flexibility index (Phi) is 6.30. The minimum atomic E-state index is -0.0979. The molecular weight excluding hydrogens is 485 g/mol. The van der Waals surface area contributed by atoms with Gasteiger partial charge in [0.1, 0.15) is 0 Å². The zero-order chi connectivity index (χ0) is 23.8. The minimum absolute atomic E-state index is 0.0616. The molecule has 172 valence electrons. The van der Waals surface area contributed by atoms with E-state index in [4.69, 9.17) is 35.4 Å². The van der Waals surface area contributed by atoms with Crippen molar-refractivity contribution >= 4 is 40.5 Å². The van der Waals surface area contributed by atoms with Crippen LogP contribution in [0.15, 0.2) is 73.2 Å². The first kappa shape index (κ1) is 22.8. The summed E-state index contributed by atoms with van der Waals surface area (Å²) in [6.07, 6.45) is 5.43. The lowest BCUT2D eigenvalue weighted by Gasteiger charge is -2.28. The van der Waals surface area contributed by atoms with Crippen molar-refractivity contribution in [3.63, 3.8) is 0 Å². The zero-order valence-corrected chi connectivity index (χ0v) is 21.1. The summed E-state index contributed by atoms with van der Waals surface area (Å²) in [6, 6.07) is 17.8. The predicted molar refractivity (Wildman–Crippen MR) is 140 cm³/mol. The van der Waals surface area contributed by atoms with Crippen LogP contribution in [0.2, 0.25) is 10.0 Å². The Morgan fingerprint density at radius 2 is 1.79 bits per heavy atom. The highest BCUT2D eigenvalue weighted by Gasteiger charge is 2.41. The Morgan fingerprint density at radius 3 is 2.53 bits per heavy atom. The van der Waals surface area contributed by atoms with E-state index >= 15 is 0 Å². The molecule has 1 aromatic carbocycles. The van der Waals surface area contributed by atoms with E-state index in [1.54, 1.807) is 18.5 Å². The zero-order valence-electron chi connectivity index (χ0n) is 18.7. The summed E-state index contributed by atoms with van der Waals surface area (Å²) < 4.78 is 2.16. The van der Waals surface area contributed by atoms with E-state index in [9.17, 15) is 0 Å². The van der Waals surface area contributed by atoms with Gasteiger partial charge in [0, 0.05) is 36.5 Å². The maximum atomic E-state index is 6.61. The molecule has 0 bridgehead atoms. The predicted octanol–water partition coefficient (Wildman–Crippen LogP) is 6.36. The summed E-state index contributed by atoms with van der Waals surface area (Å²) in [5.74, 6) is 0. The number of rotatable bonds is 5. The Morgan fingerprint density at radius 1 is 1.00 bits per heavy atom. The fourth-order valence-corrected chi connectivity index (χ4v) is 5.41. The van der Waals surface area contributed by atoms with E-state index < -0.39 is 0 Å². The molecule has 1 saturated heterocycles. The number of aryl methyl sites for hydroxylation is 1. The molecule has 3 aromatic heterocycles. The van der Waals surface area contributed by atoms with E-state index in [0.717, 1.165) is 33.9 Å². The van der Waals surface area contributed by atoms with E-state index in [1.807, 2.05) is 48.7 Å². The average Bonchev–Trinajstić information content (AvgIpc) is 3.32. The highest BCUT2D eigenvalue weighted by molar-refractivity contribution is 7.80. The quantitative estimate of drug-likeness (QED) is 0.318. The van der Waals surface area contributed by atoms with Crippen LogP contribution in [0.1, 0.15) is 40.3 Å². The van der Waals surface area contributed by atoms with Crippen molar-refractivity contribution in [2.45, 2.75) is 32.5 Å². The van der Waals surface area contributed by atoms with Gasteiger partial charge < -0.3 is 14.8 Å². The van der Waals surface area contributed by atoms with Crippen LogP contribution in [0.3, 0.4) is 0 Å². The van der Waals surface area contributed by atoms with Crippen LogP contribution in [0, 0.1) is 13.8 Å². The minimum Gasteiger partial charge on any atom is -0.352 e. The van der Waals surface area contributed by atoms with Crippen LogP contribution in [0.25, 0.3) is 5.69 Å². The lowest BCUT2D eigenvalue weighted by atomic mass is 9.96. The third-order valence-electron chi connectivity index (χ3n) is 6.26. The summed E-state index contributed by atoms with van der Waals surface area (Å²) in [5, 5.41) is 5.29. The number of hydrogen-bond donors (Lipinski definition) is 1. The second kappa shape index (κ2) is 9.37. The van der Waals surface area contributed by atoms with Gasteiger partial charge in [0.25, 0.3) is 0 Å². The lowest BCUT2D eigenvalue weighted by molar-refractivity contribution is 0.310. The number of thiocarbonyl (C=S) groups is 1. The number of halogens is 2. The van der Waals surface area contributed by atoms with Crippen molar-refractivity contribution in [3.8, 4) is 5.69 Å². The SMILES string of the molecule is Cc1cc([C@H]2[C@@H](c3ccccn3)NC(=S)N2Cc2ccncc2)c(C)n1-c1cccc(Cl)c1Cl. The molecule has 4 heterocycles. The second-order valence-corrected chi connectivity index (χ2v) is 9.52. The van der Waals surface area contributed by atoms with Gasteiger partial charge >= 0.3 is 0 Å². The van der Waals surface area contributed by atoms with E-state index in [2.05, 4.69) is 44.7 Å². The van der Waals surface area contributed by atoms with Crippen molar-refractivity contribution in [2.24, 2.45) is 0 Å². The lowest BCUT2D eigenvalue weighted by Crippen LogP contribution is -2.29. The number of nitrogens with zero attached hydrogens (tertiary/aromatic N) is 4. The van der Waals surface area contributed by atoms with Gasteiger partial charge in [-0.15, -0.1) is 0 Å². The summed E-state index contributed by atoms with van der Waals surface area (Å²) in [7, 11) is 0. The number of hydrogen-bond acceptors (Lipinski definition) is 3. The highest BCUT2D eigenvalue weighted by atomic mass is 35.5. The third-order valence-corrected chi connectivity index (χ3v) is 7.42. The standard InChI is InChI=1S/C26H23Cl2N5S/c1-16-14-19(17(2)33(16)22-8-5-6-20(27)23(22)28)25-24(21-7-3-4-11-30-21)31-26(34)32(25)15-18-9-12-29-13-10-18/h3-14,24-25H,15H2,1-2H3,(H,31,34)/t24-,25+/m1/s1. The van der Waals surface area contributed by atoms with Crippen molar-refractivity contribution in [2.75, 3.05) is 0 Å². The van der Waals surface area contributed by atoms with Crippen LogP contribution in [0.4, 0.5) is 0 Å². The molecular formula is C26H23Cl2N5S. The Bertz CT molecular complexity index is 1340. The first-order valence-corrected chi connectivity index (χ1v) is 12.1. The first-order chi connectivity index (χ1) is 16.5. The molecule has 4 aromatic rings. The van der Waals surface area contributed by atoms with Crippen molar-refractivity contribution in [3.05, 3.63) is 111 Å². The molecule has 0 amide bonds. The molecule has 0 spiro atoms. The second-order valence-electron chi connectivity index (χ2n) is 8.34. The largest absolute Gasteiger partial charge is 0.352 e. The van der Waals surface area contributed by atoms with Gasteiger partial charge in [-0.3, -0.25) is 9.97 Å². The summed E-state index contributed by atoms with van der Waals surface area (Å²) in [6.45, 7) is 4.85. The molecule has 1 aliphatic heterocycles. The fraction of sp³-hybridized carbons (Fsp3) is 0.192. The first-order valence-electron chi connectivity index (χ1n) is 11.0. The molecule has 1 aliphatic rings. The fourth-order valence-electron chi connectivity index (χ4n) is 4.72. The number of nitrogens with one attached hydrogen (secondary N) is 1. The Labute approximate surface area is 214 Å². The molecule has 34 heavy (non-hydrogen) atoms. The average molecular weight is 508 g/mol. The van der Waals surface area contributed by atoms with Gasteiger partial charge in [-0.1, -0.05) is 35.3 Å². The molecule has 0 unspecified atom stereocenters. The van der Waals surface area contributed by atoms with Gasteiger partial charge in [0.05, 0.1) is 33.5 Å². The van der Waals surface area contributed by atoms with Crippen LogP contribution < -0.4 is 5.32 Å². The topological polar surface area (TPSA) is 46.0 Å². The Balaban J connectivity index is 1.64. The molecule has 0 radical (unpaired) electrons. The van der Waals surface area contributed by atoms with Gasteiger partial charge in [0.15, 0.2) is 5.11 Å². The summed E-state index contributed by atoms with van der Waals surface area (Å²) >= 11 is 18.8. The molecule has 5 nitrogen and oxygen atoms in total. The van der Waals surface area contributed by atoms with Gasteiger partial charge in [-0.05, 0) is 79.7 Å². The maximum Gasteiger partial charge on any atom is 0.170 e. The Hall–Kier alpha value is -2.93. The van der Waals surface area contributed by atoms with Crippen LogP contribution in [0.5, 0.6) is 0 Å². The molecule has 1 fully saturated rings. The van der Waals surface area contributed by atoms with E-state index in [1.165, 1.54) is 0 Å². The van der Waals surface area contributed by atoms with E-state index in [-0.39, 0.29) is 12.1 Å². The van der Waals surface area contributed by atoms with Crippen LogP contribution in [-0.4, -0.2) is 24.5 Å². The van der Waals surface area contributed by atoms with Gasteiger partial charge in [-0.25, -0.2) is 0 Å². The van der Waals surface area contributed by atoms with Crippen molar-refractivity contribution in [1.82, 2.24) is 24.8 Å². The molecule has 5 rings (SSSR count). The van der Waals surface area contributed by atoms with Gasteiger partial charge in [-0.2, -0.15) is 0 Å². The summed E-state index contributed by atoms with van der Waals surface area (Å²) in [5.41, 5.74) is 6.25. The molecule has 1 N–H and O–H groups in total. The van der Waals surface area contributed by atoms with Gasteiger partial charge in [0.2, 0.25) is 0 Å². The van der Waals surface area contributed by atoms with Crippen molar-refractivity contribution in [1.29, 1.82) is 0 Å². The number of pyridine rings is 2.